The molecule has 0 unspecified atom stereocenters. The smallest absolute Gasteiger partial charge is 0.234 e. The number of likely N-dealkylation sites (N-methyl/N-ethyl adjacent to an activating group) is 1. The van der Waals surface area contributed by atoms with E-state index < -0.39 is 0 Å². The molecule has 2 rings (SSSR count). The number of ether oxygens (including phenoxy) is 1. The molecular formula is C18H27FN2O3. The molecule has 0 radical (unpaired) electrons. The predicted octanol–water partition coefficient (Wildman–Crippen LogP) is 1.80. The highest BCUT2D eigenvalue weighted by Crippen LogP contribution is 2.26. The number of aliphatic hydroxyl groups excluding tert-OH is 1. The molecule has 24 heavy (non-hydrogen) atoms. The van der Waals surface area contributed by atoms with Crippen molar-refractivity contribution in [3.63, 3.8) is 0 Å². The van der Waals surface area contributed by atoms with Gasteiger partial charge in [0.15, 0.2) is 0 Å². The lowest BCUT2D eigenvalue weighted by atomic mass is 9.86. The molecule has 5 nitrogen and oxygen atoms in total. The van der Waals surface area contributed by atoms with E-state index in [-0.39, 0.29) is 18.3 Å². The Morgan fingerprint density at radius 2 is 1.96 bits per heavy atom. The molecule has 134 valence electrons. The van der Waals surface area contributed by atoms with E-state index >= 15 is 0 Å². The van der Waals surface area contributed by atoms with Crippen LogP contribution in [0.5, 0.6) is 5.75 Å². The molecule has 1 aromatic carbocycles. The van der Waals surface area contributed by atoms with Gasteiger partial charge in [-0.05, 0) is 62.9 Å². The van der Waals surface area contributed by atoms with Crippen molar-refractivity contribution in [2.45, 2.75) is 31.7 Å². The Labute approximate surface area is 142 Å². The summed E-state index contributed by atoms with van der Waals surface area (Å²) in [6, 6.07) is 6.22. The van der Waals surface area contributed by atoms with Crippen molar-refractivity contribution < 1.29 is 19.0 Å². The summed E-state index contributed by atoms with van der Waals surface area (Å²) < 4.78 is 18.2. The quantitative estimate of drug-likeness (QED) is 0.710. The van der Waals surface area contributed by atoms with Crippen LogP contribution in [0.25, 0.3) is 0 Å². The highest BCUT2D eigenvalue weighted by molar-refractivity contribution is 5.77. The molecule has 1 saturated carbocycles. The number of rotatable bonds is 8. The maximum atomic E-state index is 12.8. The van der Waals surface area contributed by atoms with E-state index in [0.29, 0.717) is 37.4 Å². The summed E-state index contributed by atoms with van der Waals surface area (Å²) in [7, 11) is 1.97. The van der Waals surface area contributed by atoms with Gasteiger partial charge in [0.1, 0.15) is 18.2 Å². The molecule has 1 aliphatic rings. The van der Waals surface area contributed by atoms with E-state index in [1.165, 1.54) is 12.1 Å². The number of carbonyl (C=O) groups is 1. The number of carbonyl (C=O) groups excluding carboxylic acids is 1. The van der Waals surface area contributed by atoms with Crippen LogP contribution in [0.2, 0.25) is 0 Å². The summed E-state index contributed by atoms with van der Waals surface area (Å²) in [6.45, 7) is 1.40. The van der Waals surface area contributed by atoms with Crippen LogP contribution in [0, 0.1) is 11.7 Å². The Hall–Kier alpha value is -1.66. The molecular weight excluding hydrogens is 311 g/mol. The Kier molecular flexibility index (Phi) is 7.46. The van der Waals surface area contributed by atoms with Crippen molar-refractivity contribution in [2.24, 2.45) is 5.92 Å². The second-order valence-corrected chi connectivity index (χ2v) is 6.42. The molecule has 0 atom stereocenters. The van der Waals surface area contributed by atoms with Gasteiger partial charge in [-0.2, -0.15) is 0 Å². The van der Waals surface area contributed by atoms with Crippen LogP contribution in [-0.4, -0.2) is 55.3 Å². The minimum atomic E-state index is -0.299. The van der Waals surface area contributed by atoms with E-state index in [4.69, 9.17) is 9.84 Å². The lowest BCUT2D eigenvalue weighted by Crippen LogP contribution is -2.43. The van der Waals surface area contributed by atoms with Crippen LogP contribution in [0.15, 0.2) is 24.3 Å². The number of benzene rings is 1. The molecule has 6 heteroatoms. The number of nitrogens with zero attached hydrogens (tertiary/aromatic N) is 1. The van der Waals surface area contributed by atoms with Crippen LogP contribution >= 0.6 is 0 Å². The monoisotopic (exact) mass is 338 g/mol. The van der Waals surface area contributed by atoms with Crippen LogP contribution in [0.1, 0.15) is 25.7 Å². The summed E-state index contributed by atoms with van der Waals surface area (Å²) in [5.74, 6) is 0.687. The SMILES string of the molecule is CN(CC(=O)NCCOc1ccc(F)cc1)C1CCC(CO)CC1. The number of hydrogen-bond donors (Lipinski definition) is 2. The van der Waals surface area contributed by atoms with Crippen molar-refractivity contribution >= 4 is 5.91 Å². The van der Waals surface area contributed by atoms with Crippen molar-refractivity contribution in [1.29, 1.82) is 0 Å². The zero-order chi connectivity index (χ0) is 17.4. The standard InChI is InChI=1S/C18H27FN2O3/c1-21(16-6-2-14(13-22)3-7-16)12-18(23)20-10-11-24-17-8-4-15(19)5-9-17/h4-5,8-9,14,16,22H,2-3,6-7,10-13H2,1H3,(H,20,23). The molecule has 0 spiro atoms. The first-order valence-electron chi connectivity index (χ1n) is 8.54. The molecule has 1 fully saturated rings. The Morgan fingerprint density at radius 3 is 2.58 bits per heavy atom. The molecule has 0 aliphatic heterocycles. The molecule has 1 aliphatic carbocycles. The number of halogens is 1. The van der Waals surface area contributed by atoms with Gasteiger partial charge in [0.05, 0.1) is 13.1 Å². The van der Waals surface area contributed by atoms with Crippen molar-refractivity contribution in [2.75, 3.05) is 33.4 Å². The predicted molar refractivity (Wildman–Crippen MR) is 90.4 cm³/mol. The molecule has 2 N–H and O–H groups in total. The average molecular weight is 338 g/mol. The summed E-state index contributed by atoms with van der Waals surface area (Å²) >= 11 is 0. The van der Waals surface area contributed by atoms with Gasteiger partial charge >= 0.3 is 0 Å². The largest absolute Gasteiger partial charge is 0.492 e. The summed E-state index contributed by atoms with van der Waals surface area (Å²) in [5, 5.41) is 12.0. The fraction of sp³-hybridized carbons (Fsp3) is 0.611. The first kappa shape index (κ1) is 18.7. The van der Waals surface area contributed by atoms with Gasteiger partial charge in [0.2, 0.25) is 5.91 Å². The zero-order valence-electron chi connectivity index (χ0n) is 14.2. The van der Waals surface area contributed by atoms with Crippen LogP contribution in [-0.2, 0) is 4.79 Å². The average Bonchev–Trinajstić information content (AvgIpc) is 2.60. The van der Waals surface area contributed by atoms with Gasteiger partial charge < -0.3 is 15.2 Å². The topological polar surface area (TPSA) is 61.8 Å². The lowest BCUT2D eigenvalue weighted by molar-refractivity contribution is -0.122. The number of hydrogen-bond acceptors (Lipinski definition) is 4. The van der Waals surface area contributed by atoms with E-state index in [1.807, 2.05) is 7.05 Å². The maximum Gasteiger partial charge on any atom is 0.234 e. The van der Waals surface area contributed by atoms with Gasteiger partial charge in [-0.1, -0.05) is 0 Å². The van der Waals surface area contributed by atoms with Crippen molar-refractivity contribution in [1.82, 2.24) is 10.2 Å². The number of aliphatic hydroxyl groups is 1. The minimum Gasteiger partial charge on any atom is -0.492 e. The lowest BCUT2D eigenvalue weighted by Gasteiger charge is -2.33. The highest BCUT2D eigenvalue weighted by atomic mass is 19.1. The molecule has 0 heterocycles. The third kappa shape index (κ3) is 6.09. The van der Waals surface area contributed by atoms with Gasteiger partial charge in [-0.15, -0.1) is 0 Å². The Morgan fingerprint density at radius 1 is 1.29 bits per heavy atom. The molecule has 0 bridgehead atoms. The van der Waals surface area contributed by atoms with Crippen LogP contribution in [0.3, 0.4) is 0 Å². The van der Waals surface area contributed by atoms with Crippen LogP contribution < -0.4 is 10.1 Å². The number of amides is 1. The zero-order valence-corrected chi connectivity index (χ0v) is 14.2. The second kappa shape index (κ2) is 9.59. The molecule has 0 saturated heterocycles. The normalized spacial score (nSPS) is 20.8. The Balaban J connectivity index is 1.60. The first-order chi connectivity index (χ1) is 11.6. The summed E-state index contributed by atoms with van der Waals surface area (Å²) in [5.41, 5.74) is 0. The molecule has 1 aromatic rings. The van der Waals surface area contributed by atoms with E-state index in [1.54, 1.807) is 12.1 Å². The maximum absolute atomic E-state index is 12.8. The first-order valence-corrected chi connectivity index (χ1v) is 8.54. The van der Waals surface area contributed by atoms with Gasteiger partial charge in [-0.3, -0.25) is 9.69 Å². The summed E-state index contributed by atoms with van der Waals surface area (Å²) in [6.07, 6.45) is 4.11. The third-order valence-electron chi connectivity index (χ3n) is 4.60. The third-order valence-corrected chi connectivity index (χ3v) is 4.60. The van der Waals surface area contributed by atoms with Crippen molar-refractivity contribution in [3.05, 3.63) is 30.1 Å². The highest BCUT2D eigenvalue weighted by Gasteiger charge is 2.24. The van der Waals surface area contributed by atoms with Gasteiger partial charge in [0, 0.05) is 12.6 Å². The van der Waals surface area contributed by atoms with E-state index in [9.17, 15) is 9.18 Å². The van der Waals surface area contributed by atoms with Gasteiger partial charge in [-0.25, -0.2) is 4.39 Å². The fourth-order valence-corrected chi connectivity index (χ4v) is 3.07. The Bertz CT molecular complexity index is 501. The second-order valence-electron chi connectivity index (χ2n) is 6.42. The van der Waals surface area contributed by atoms with Gasteiger partial charge in [0.25, 0.3) is 0 Å². The number of nitrogens with one attached hydrogen (secondary N) is 1. The minimum absolute atomic E-state index is 0.0236. The summed E-state index contributed by atoms with van der Waals surface area (Å²) in [4.78, 5) is 14.1. The molecule has 0 aromatic heterocycles. The fourth-order valence-electron chi connectivity index (χ4n) is 3.07. The van der Waals surface area contributed by atoms with Crippen molar-refractivity contribution in [3.8, 4) is 5.75 Å². The van der Waals surface area contributed by atoms with E-state index in [2.05, 4.69) is 10.2 Å². The van der Waals surface area contributed by atoms with E-state index in [0.717, 1.165) is 25.7 Å². The van der Waals surface area contributed by atoms with Crippen LogP contribution in [0.4, 0.5) is 4.39 Å². The molecule has 1 amide bonds.